The number of halogens is 1. The summed E-state index contributed by atoms with van der Waals surface area (Å²) in [4.78, 5) is 11.9. The van der Waals surface area contributed by atoms with Crippen molar-refractivity contribution in [3.8, 4) is 0 Å². The zero-order valence-electron chi connectivity index (χ0n) is 7.38. The molecule has 0 aromatic heterocycles. The van der Waals surface area contributed by atoms with Crippen LogP contribution in [0.4, 0.5) is 0 Å². The Bertz CT molecular complexity index is 323. The molecule has 13 heavy (non-hydrogen) atoms. The van der Waals surface area contributed by atoms with Gasteiger partial charge >= 0.3 is 0 Å². The number of benzene rings is 1. The highest BCUT2D eigenvalue weighted by Gasteiger charge is 2.04. The number of rotatable bonds is 3. The topological polar surface area (TPSA) is 17.1 Å². The first-order valence-corrected chi connectivity index (χ1v) is 4.98. The Morgan fingerprint density at radius 3 is 2.77 bits per heavy atom. The van der Waals surface area contributed by atoms with E-state index < -0.39 is 0 Å². The fourth-order valence-corrected chi connectivity index (χ4v) is 1.53. The molecule has 1 aromatic rings. The number of hydrogen-bond donors (Lipinski definition) is 1. The molecule has 3 heteroatoms. The molecule has 70 valence electrons. The lowest BCUT2D eigenvalue weighted by Crippen LogP contribution is -2.04. The number of carbonyl (C=O) groups is 1. The maximum absolute atomic E-state index is 11.1. The van der Waals surface area contributed by atoms with E-state index in [2.05, 4.69) is 12.6 Å². The third-order valence-electron chi connectivity index (χ3n) is 1.78. The van der Waals surface area contributed by atoms with Gasteiger partial charge in [-0.2, -0.15) is 0 Å². The highest BCUT2D eigenvalue weighted by Crippen LogP contribution is 2.16. The van der Waals surface area contributed by atoms with Gasteiger partial charge in [0.1, 0.15) is 0 Å². The average Bonchev–Trinajstić information content (AvgIpc) is 2.09. The zero-order valence-corrected chi connectivity index (χ0v) is 9.03. The van der Waals surface area contributed by atoms with Crippen molar-refractivity contribution in [2.45, 2.75) is 18.2 Å². The van der Waals surface area contributed by atoms with Gasteiger partial charge in [-0.25, -0.2) is 0 Å². The summed E-state index contributed by atoms with van der Waals surface area (Å²) >= 11 is 9.70. The van der Waals surface area contributed by atoms with Gasteiger partial charge in [0.05, 0.1) is 5.88 Å². The molecule has 0 aliphatic carbocycles. The van der Waals surface area contributed by atoms with Crippen LogP contribution in [-0.4, -0.2) is 11.7 Å². The maximum atomic E-state index is 11.1. The summed E-state index contributed by atoms with van der Waals surface area (Å²) in [6, 6.07) is 5.83. The quantitative estimate of drug-likeness (QED) is 0.605. The van der Waals surface area contributed by atoms with Crippen LogP contribution in [0, 0.1) is 6.92 Å². The first-order valence-electron chi connectivity index (χ1n) is 3.99. The number of Topliss-reactive ketones (excluding diaryl/α,β-unsaturated/α-hetero) is 1. The second-order valence-electron chi connectivity index (χ2n) is 2.98. The summed E-state index contributed by atoms with van der Waals surface area (Å²) in [5.74, 6) is 0.0991. The lowest BCUT2D eigenvalue weighted by atomic mass is 10.1. The monoisotopic (exact) mass is 214 g/mol. The van der Waals surface area contributed by atoms with Crippen molar-refractivity contribution in [3.63, 3.8) is 0 Å². The average molecular weight is 215 g/mol. The molecule has 0 spiro atoms. The van der Waals surface area contributed by atoms with Crippen molar-refractivity contribution in [1.29, 1.82) is 0 Å². The molecular formula is C10H11ClOS. The molecule has 0 heterocycles. The fraction of sp³-hybridized carbons (Fsp3) is 0.300. The van der Waals surface area contributed by atoms with Crippen LogP contribution in [-0.2, 0) is 11.2 Å². The number of thiol groups is 1. The van der Waals surface area contributed by atoms with Gasteiger partial charge < -0.3 is 0 Å². The molecule has 0 saturated heterocycles. The fourth-order valence-electron chi connectivity index (χ4n) is 1.08. The smallest absolute Gasteiger partial charge is 0.151 e. The van der Waals surface area contributed by atoms with E-state index in [1.54, 1.807) is 0 Å². The van der Waals surface area contributed by atoms with E-state index in [1.807, 2.05) is 25.1 Å². The van der Waals surface area contributed by atoms with Gasteiger partial charge in [0.25, 0.3) is 0 Å². The number of hydrogen-bond acceptors (Lipinski definition) is 2. The highest BCUT2D eigenvalue weighted by molar-refractivity contribution is 7.80. The van der Waals surface area contributed by atoms with Gasteiger partial charge in [-0.1, -0.05) is 17.7 Å². The Balaban J connectivity index is 2.83. The van der Waals surface area contributed by atoms with Crippen LogP contribution in [0.15, 0.2) is 23.1 Å². The molecule has 0 N–H and O–H groups in total. The van der Waals surface area contributed by atoms with Crippen molar-refractivity contribution in [1.82, 2.24) is 0 Å². The largest absolute Gasteiger partial charge is 0.298 e. The predicted molar refractivity (Wildman–Crippen MR) is 57.9 cm³/mol. The minimum absolute atomic E-state index is 0.0285. The molecule has 0 aliphatic heterocycles. The van der Waals surface area contributed by atoms with Crippen LogP contribution >= 0.6 is 24.2 Å². The van der Waals surface area contributed by atoms with E-state index >= 15 is 0 Å². The van der Waals surface area contributed by atoms with Gasteiger partial charge in [0.15, 0.2) is 5.78 Å². The maximum Gasteiger partial charge on any atom is 0.151 e. The van der Waals surface area contributed by atoms with Gasteiger partial charge in [-0.05, 0) is 18.6 Å². The third kappa shape index (κ3) is 3.05. The Kier molecular flexibility index (Phi) is 3.82. The predicted octanol–water partition coefficient (Wildman–Crippen LogP) is 2.63. The second kappa shape index (κ2) is 4.68. The van der Waals surface area contributed by atoms with Crippen molar-refractivity contribution < 1.29 is 4.79 Å². The van der Waals surface area contributed by atoms with Crippen LogP contribution < -0.4 is 0 Å². The Morgan fingerprint density at radius 2 is 2.23 bits per heavy atom. The van der Waals surface area contributed by atoms with E-state index in [1.165, 1.54) is 0 Å². The van der Waals surface area contributed by atoms with Crippen molar-refractivity contribution in [2.24, 2.45) is 0 Å². The highest BCUT2D eigenvalue weighted by atomic mass is 35.5. The minimum Gasteiger partial charge on any atom is -0.298 e. The van der Waals surface area contributed by atoms with E-state index in [0.29, 0.717) is 6.42 Å². The Morgan fingerprint density at radius 1 is 1.54 bits per heavy atom. The summed E-state index contributed by atoms with van der Waals surface area (Å²) in [5.41, 5.74) is 2.09. The SMILES string of the molecule is Cc1ccc(CC(=O)CCl)c(S)c1. The standard InChI is InChI=1S/C10H11ClOS/c1-7-2-3-8(10(13)4-7)5-9(12)6-11/h2-4,13H,5-6H2,1H3. The molecule has 0 unspecified atom stereocenters. The van der Waals surface area contributed by atoms with Crippen LogP contribution in [0.2, 0.25) is 0 Å². The zero-order chi connectivity index (χ0) is 9.84. The normalized spacial score (nSPS) is 10.1. The summed E-state index contributed by atoms with van der Waals surface area (Å²) in [6.07, 6.45) is 0.378. The van der Waals surface area contributed by atoms with E-state index in [0.717, 1.165) is 16.0 Å². The molecule has 1 aromatic carbocycles. The molecule has 0 fully saturated rings. The lowest BCUT2D eigenvalue weighted by Gasteiger charge is -2.03. The molecule has 0 bridgehead atoms. The Labute approximate surface area is 88.5 Å². The Hall–Kier alpha value is -0.470. The number of alkyl halides is 1. The summed E-state index contributed by atoms with van der Waals surface area (Å²) < 4.78 is 0. The van der Waals surface area contributed by atoms with E-state index in [-0.39, 0.29) is 11.7 Å². The van der Waals surface area contributed by atoms with Crippen molar-refractivity contribution >= 4 is 30.0 Å². The third-order valence-corrected chi connectivity index (χ3v) is 2.49. The summed E-state index contributed by atoms with van der Waals surface area (Å²) in [6.45, 7) is 1.99. The first kappa shape index (κ1) is 10.6. The minimum atomic E-state index is 0.0285. The van der Waals surface area contributed by atoms with E-state index in [4.69, 9.17) is 11.6 Å². The number of aryl methyl sites for hydroxylation is 1. The van der Waals surface area contributed by atoms with Gasteiger partial charge in [0, 0.05) is 11.3 Å². The lowest BCUT2D eigenvalue weighted by molar-refractivity contribution is -0.116. The van der Waals surface area contributed by atoms with Gasteiger partial charge in [-0.15, -0.1) is 24.2 Å². The molecule has 0 atom stereocenters. The second-order valence-corrected chi connectivity index (χ2v) is 3.73. The molecule has 0 amide bonds. The van der Waals surface area contributed by atoms with Crippen LogP contribution in [0.3, 0.4) is 0 Å². The van der Waals surface area contributed by atoms with Crippen molar-refractivity contribution in [3.05, 3.63) is 29.3 Å². The molecule has 1 nitrogen and oxygen atoms in total. The van der Waals surface area contributed by atoms with Crippen LogP contribution in [0.5, 0.6) is 0 Å². The molecular weight excluding hydrogens is 204 g/mol. The molecule has 1 rings (SSSR count). The molecule has 0 radical (unpaired) electrons. The molecule has 0 saturated carbocycles. The van der Waals surface area contributed by atoms with Crippen molar-refractivity contribution in [2.75, 3.05) is 5.88 Å². The summed E-state index contributed by atoms with van der Waals surface area (Å²) in [7, 11) is 0. The van der Waals surface area contributed by atoms with Gasteiger partial charge in [0.2, 0.25) is 0 Å². The number of ketones is 1. The molecule has 0 aliphatic rings. The summed E-state index contributed by atoms with van der Waals surface area (Å²) in [5, 5.41) is 0. The van der Waals surface area contributed by atoms with Crippen LogP contribution in [0.1, 0.15) is 11.1 Å². The van der Waals surface area contributed by atoms with Gasteiger partial charge in [-0.3, -0.25) is 4.79 Å². The van der Waals surface area contributed by atoms with E-state index in [9.17, 15) is 4.79 Å². The number of carbonyl (C=O) groups excluding carboxylic acids is 1. The van der Waals surface area contributed by atoms with Crippen LogP contribution in [0.25, 0.3) is 0 Å². The first-order chi connectivity index (χ1) is 6.13.